The van der Waals surface area contributed by atoms with Crippen molar-refractivity contribution in [2.24, 2.45) is 0 Å². The van der Waals surface area contributed by atoms with Crippen LogP contribution in [-0.2, 0) is 28.6 Å². The summed E-state index contributed by atoms with van der Waals surface area (Å²) < 4.78 is 16.7. The topological polar surface area (TPSA) is 78.9 Å². The van der Waals surface area contributed by atoms with Crippen LogP contribution in [0.1, 0.15) is 233 Å². The predicted octanol–water partition coefficient (Wildman–Crippen LogP) is 17.9. The second-order valence-electron chi connectivity index (χ2n) is 17.5. The highest BCUT2D eigenvalue weighted by molar-refractivity contribution is 5.71. The fraction of sp³-hybridized carbons (Fsp3) is 0.650. The van der Waals surface area contributed by atoms with Crippen LogP contribution in [0.3, 0.4) is 0 Å². The first-order chi connectivity index (χ1) is 32.5. The highest BCUT2D eigenvalue weighted by Gasteiger charge is 2.19. The average Bonchev–Trinajstić information content (AvgIpc) is 3.31. The van der Waals surface area contributed by atoms with Crippen LogP contribution in [0.2, 0.25) is 0 Å². The van der Waals surface area contributed by atoms with Crippen LogP contribution in [0.4, 0.5) is 0 Å². The first-order valence-corrected chi connectivity index (χ1v) is 26.9. The number of allylic oxidation sites excluding steroid dienone is 18. The molecule has 6 nitrogen and oxygen atoms in total. The Morgan fingerprint density at radius 1 is 0.333 bits per heavy atom. The van der Waals surface area contributed by atoms with Crippen LogP contribution in [-0.4, -0.2) is 37.2 Å². The molecule has 0 aromatic rings. The molecule has 0 rings (SSSR count). The Kier molecular flexibility index (Phi) is 50.5. The van der Waals surface area contributed by atoms with Crippen LogP contribution in [0.15, 0.2) is 109 Å². The standard InChI is InChI=1S/C60H98O6/c1-4-7-10-13-16-19-22-25-27-29-31-32-35-38-41-44-47-50-53-59(62)65-56-57(55-64-58(61)52-49-46-43-40-37-34-24-21-18-15-12-9-6-3)66-60(63)54-51-48-45-42-39-36-33-30-28-26-23-20-17-14-11-8-5-2/h8-9,11-12,15,17-18,20-21,24,26,28,33-34,36-37,42,45,57H,4-7,10,13-14,16,19,22-23,25,27,29-32,35,38-41,43-44,46-56H2,1-3H3/b11-8+,12-9+,18-15+,20-17+,24-21+,28-26+,36-33+,37-34+,45-42+. The van der Waals surface area contributed by atoms with Gasteiger partial charge < -0.3 is 14.2 Å². The summed E-state index contributed by atoms with van der Waals surface area (Å²) in [6.45, 7) is 6.30. The van der Waals surface area contributed by atoms with E-state index in [-0.39, 0.29) is 37.5 Å². The van der Waals surface area contributed by atoms with E-state index in [1.807, 2.05) is 36.5 Å². The zero-order chi connectivity index (χ0) is 47.9. The SMILES string of the molecule is CC/C=C/C=C/C=C/C=C/CCCCCC(=O)OCC(COC(=O)CCCCCCCCCCCCCCCCCCCC)OC(=O)CCC/C=C/C/C=C/C/C=C/C/C=C/C/C=C/CC. The number of hydrogen-bond donors (Lipinski definition) is 0. The predicted molar refractivity (Wildman–Crippen MR) is 283 cm³/mol. The smallest absolute Gasteiger partial charge is 0.306 e. The Morgan fingerprint density at radius 3 is 1.14 bits per heavy atom. The van der Waals surface area contributed by atoms with E-state index >= 15 is 0 Å². The fourth-order valence-electron chi connectivity index (χ4n) is 7.14. The number of esters is 3. The van der Waals surface area contributed by atoms with Gasteiger partial charge in [-0.05, 0) is 77.0 Å². The van der Waals surface area contributed by atoms with Crippen molar-refractivity contribution in [1.82, 2.24) is 0 Å². The Labute approximate surface area is 406 Å². The van der Waals surface area contributed by atoms with E-state index in [1.54, 1.807) is 0 Å². The molecule has 66 heavy (non-hydrogen) atoms. The minimum atomic E-state index is -0.824. The van der Waals surface area contributed by atoms with Crippen LogP contribution in [0.5, 0.6) is 0 Å². The maximum absolute atomic E-state index is 12.8. The average molecular weight is 915 g/mol. The first-order valence-electron chi connectivity index (χ1n) is 26.9. The molecule has 0 fully saturated rings. The van der Waals surface area contributed by atoms with Gasteiger partial charge in [0.15, 0.2) is 6.10 Å². The van der Waals surface area contributed by atoms with Crippen molar-refractivity contribution < 1.29 is 28.6 Å². The van der Waals surface area contributed by atoms with Crippen molar-refractivity contribution in [3.05, 3.63) is 109 Å². The van der Waals surface area contributed by atoms with E-state index in [0.29, 0.717) is 19.3 Å². The lowest BCUT2D eigenvalue weighted by Crippen LogP contribution is -2.30. The summed E-state index contributed by atoms with van der Waals surface area (Å²) in [5.41, 5.74) is 0. The zero-order valence-corrected chi connectivity index (χ0v) is 42.7. The van der Waals surface area contributed by atoms with Crippen LogP contribution in [0.25, 0.3) is 0 Å². The maximum Gasteiger partial charge on any atom is 0.306 e. The monoisotopic (exact) mass is 915 g/mol. The normalized spacial score (nSPS) is 13.0. The number of rotatable bonds is 47. The summed E-state index contributed by atoms with van der Waals surface area (Å²) >= 11 is 0. The number of hydrogen-bond acceptors (Lipinski definition) is 6. The van der Waals surface area contributed by atoms with Gasteiger partial charge in [-0.15, -0.1) is 0 Å². The summed E-state index contributed by atoms with van der Waals surface area (Å²) in [4.78, 5) is 38.0. The Bertz CT molecular complexity index is 1370. The highest BCUT2D eigenvalue weighted by atomic mass is 16.6. The lowest BCUT2D eigenvalue weighted by molar-refractivity contribution is -0.167. The Balaban J connectivity index is 4.50. The molecule has 1 unspecified atom stereocenters. The van der Waals surface area contributed by atoms with E-state index in [4.69, 9.17) is 14.2 Å². The van der Waals surface area contributed by atoms with Gasteiger partial charge in [0, 0.05) is 19.3 Å². The van der Waals surface area contributed by atoms with E-state index in [2.05, 4.69) is 93.7 Å². The minimum Gasteiger partial charge on any atom is -0.462 e. The van der Waals surface area contributed by atoms with Crippen molar-refractivity contribution in [2.75, 3.05) is 13.2 Å². The van der Waals surface area contributed by atoms with Crippen molar-refractivity contribution in [1.29, 1.82) is 0 Å². The van der Waals surface area contributed by atoms with Crippen molar-refractivity contribution in [2.45, 2.75) is 239 Å². The number of carbonyl (C=O) groups excluding carboxylic acids is 3. The van der Waals surface area contributed by atoms with Gasteiger partial charge in [0.2, 0.25) is 0 Å². The van der Waals surface area contributed by atoms with Gasteiger partial charge in [-0.3, -0.25) is 14.4 Å². The molecule has 0 aliphatic heterocycles. The van der Waals surface area contributed by atoms with Crippen molar-refractivity contribution >= 4 is 17.9 Å². The molecular formula is C60H98O6. The van der Waals surface area contributed by atoms with Gasteiger partial charge in [-0.2, -0.15) is 0 Å². The third-order valence-corrected chi connectivity index (χ3v) is 11.1. The highest BCUT2D eigenvalue weighted by Crippen LogP contribution is 2.15. The maximum atomic E-state index is 12.8. The van der Waals surface area contributed by atoms with Gasteiger partial charge >= 0.3 is 17.9 Å². The molecule has 0 saturated carbocycles. The molecule has 1 atom stereocenters. The Hall–Kier alpha value is -3.93. The second kappa shape index (κ2) is 53.7. The fourth-order valence-corrected chi connectivity index (χ4v) is 7.14. The van der Waals surface area contributed by atoms with E-state index in [0.717, 1.165) is 89.9 Å². The van der Waals surface area contributed by atoms with Gasteiger partial charge in [-0.1, -0.05) is 246 Å². The molecule has 0 radical (unpaired) electrons. The minimum absolute atomic E-state index is 0.113. The first kappa shape index (κ1) is 62.1. The molecule has 0 amide bonds. The molecule has 0 bridgehead atoms. The molecular weight excluding hydrogens is 817 g/mol. The third kappa shape index (κ3) is 51.1. The molecule has 374 valence electrons. The molecule has 0 N–H and O–H groups in total. The molecule has 0 aliphatic carbocycles. The Morgan fingerprint density at radius 2 is 0.682 bits per heavy atom. The third-order valence-electron chi connectivity index (χ3n) is 11.1. The number of ether oxygens (including phenoxy) is 3. The quantitative estimate of drug-likeness (QED) is 0.0199. The zero-order valence-electron chi connectivity index (χ0n) is 42.7. The van der Waals surface area contributed by atoms with Crippen molar-refractivity contribution in [3.8, 4) is 0 Å². The molecule has 0 aliphatic rings. The lowest BCUT2D eigenvalue weighted by atomic mass is 10.0. The molecule has 0 aromatic carbocycles. The van der Waals surface area contributed by atoms with Crippen LogP contribution >= 0.6 is 0 Å². The summed E-state index contributed by atoms with van der Waals surface area (Å²) in [6.07, 6.45) is 72.3. The van der Waals surface area contributed by atoms with E-state index in [9.17, 15) is 14.4 Å². The summed E-state index contributed by atoms with van der Waals surface area (Å²) in [7, 11) is 0. The lowest BCUT2D eigenvalue weighted by Gasteiger charge is -2.18. The van der Waals surface area contributed by atoms with Gasteiger partial charge in [0.05, 0.1) is 0 Å². The molecule has 0 spiro atoms. The molecule has 0 aromatic heterocycles. The van der Waals surface area contributed by atoms with Crippen LogP contribution in [0, 0.1) is 0 Å². The van der Waals surface area contributed by atoms with E-state index < -0.39 is 6.10 Å². The van der Waals surface area contributed by atoms with Gasteiger partial charge in [0.25, 0.3) is 0 Å². The second-order valence-corrected chi connectivity index (χ2v) is 17.5. The largest absolute Gasteiger partial charge is 0.462 e. The molecule has 0 saturated heterocycles. The van der Waals surface area contributed by atoms with Crippen LogP contribution < -0.4 is 0 Å². The molecule has 6 heteroatoms. The number of carbonyl (C=O) groups is 3. The summed E-state index contributed by atoms with van der Waals surface area (Å²) in [5, 5.41) is 0. The molecule has 0 heterocycles. The number of unbranched alkanes of at least 4 members (excludes halogenated alkanes) is 21. The summed E-state index contributed by atoms with van der Waals surface area (Å²) in [6, 6.07) is 0. The summed E-state index contributed by atoms with van der Waals surface area (Å²) in [5.74, 6) is -1.01. The van der Waals surface area contributed by atoms with Gasteiger partial charge in [-0.25, -0.2) is 0 Å². The van der Waals surface area contributed by atoms with Crippen molar-refractivity contribution in [3.63, 3.8) is 0 Å². The van der Waals surface area contributed by atoms with E-state index in [1.165, 1.54) is 96.3 Å². The van der Waals surface area contributed by atoms with Gasteiger partial charge in [0.1, 0.15) is 13.2 Å².